The summed E-state index contributed by atoms with van der Waals surface area (Å²) in [4.78, 5) is 26.9. The molecule has 1 aliphatic carbocycles. The van der Waals surface area contributed by atoms with Crippen LogP contribution in [0, 0.1) is 0 Å². The van der Waals surface area contributed by atoms with Crippen LogP contribution in [-0.2, 0) is 22.6 Å². The van der Waals surface area contributed by atoms with Crippen LogP contribution in [0.2, 0.25) is 0 Å². The van der Waals surface area contributed by atoms with Crippen LogP contribution in [0.4, 0.5) is 0 Å². The van der Waals surface area contributed by atoms with Crippen molar-refractivity contribution in [1.82, 2.24) is 30.3 Å². The fourth-order valence-electron chi connectivity index (χ4n) is 3.91. The van der Waals surface area contributed by atoms with Gasteiger partial charge in [-0.15, -0.1) is 10.2 Å². The lowest BCUT2D eigenvalue weighted by Gasteiger charge is -2.38. The van der Waals surface area contributed by atoms with Gasteiger partial charge in [0.15, 0.2) is 0 Å². The van der Waals surface area contributed by atoms with Gasteiger partial charge in [-0.3, -0.25) is 14.5 Å². The smallest absolute Gasteiger partial charge is 0.237 e. The number of aromatic nitrogens is 3. The zero-order chi connectivity index (χ0) is 17.6. The first-order chi connectivity index (χ1) is 12.2. The maximum Gasteiger partial charge on any atom is 0.237 e. The van der Waals surface area contributed by atoms with E-state index in [0.717, 1.165) is 31.8 Å². The third-order valence-corrected chi connectivity index (χ3v) is 5.25. The van der Waals surface area contributed by atoms with Crippen molar-refractivity contribution in [3.05, 3.63) is 12.2 Å². The van der Waals surface area contributed by atoms with Crippen molar-refractivity contribution >= 4 is 11.8 Å². The Kier molecular flexibility index (Phi) is 6.01. The number of hydrogen-bond donors (Lipinski definition) is 2. The summed E-state index contributed by atoms with van der Waals surface area (Å²) in [5.41, 5.74) is 0. The van der Waals surface area contributed by atoms with E-state index in [9.17, 15) is 9.59 Å². The third-order valence-electron chi connectivity index (χ3n) is 5.25. The van der Waals surface area contributed by atoms with Gasteiger partial charge in [-0.2, -0.15) is 0 Å². The number of rotatable bonds is 7. The molecule has 2 amide bonds. The van der Waals surface area contributed by atoms with E-state index in [1.165, 1.54) is 12.8 Å². The summed E-state index contributed by atoms with van der Waals surface area (Å²) in [5, 5.41) is 13.8. The first kappa shape index (κ1) is 17.8. The zero-order valence-electron chi connectivity index (χ0n) is 14.9. The van der Waals surface area contributed by atoms with Gasteiger partial charge >= 0.3 is 0 Å². The predicted octanol–water partition coefficient (Wildman–Crippen LogP) is 0.0898. The zero-order valence-corrected chi connectivity index (χ0v) is 14.9. The van der Waals surface area contributed by atoms with Crippen molar-refractivity contribution in [2.75, 3.05) is 19.6 Å². The van der Waals surface area contributed by atoms with Crippen molar-refractivity contribution in [2.24, 2.45) is 0 Å². The van der Waals surface area contributed by atoms with Gasteiger partial charge in [0.2, 0.25) is 11.8 Å². The van der Waals surface area contributed by atoms with Gasteiger partial charge in [0.25, 0.3) is 0 Å². The molecule has 2 fully saturated rings. The van der Waals surface area contributed by atoms with Gasteiger partial charge in [-0.05, 0) is 19.8 Å². The van der Waals surface area contributed by atoms with Gasteiger partial charge < -0.3 is 15.2 Å². The number of piperazine rings is 1. The van der Waals surface area contributed by atoms with Gasteiger partial charge in [-0.1, -0.05) is 12.8 Å². The Balaban J connectivity index is 1.50. The van der Waals surface area contributed by atoms with E-state index in [1.807, 2.05) is 11.5 Å². The van der Waals surface area contributed by atoms with Crippen LogP contribution in [0.25, 0.3) is 0 Å². The summed E-state index contributed by atoms with van der Waals surface area (Å²) in [6.45, 7) is 4.88. The molecular weight excluding hydrogens is 320 g/mol. The lowest BCUT2D eigenvalue weighted by Crippen LogP contribution is -2.59. The molecule has 0 aromatic carbocycles. The first-order valence-electron chi connectivity index (χ1n) is 9.36. The minimum atomic E-state index is -0.337. The average molecular weight is 348 g/mol. The Morgan fingerprint density at radius 3 is 2.96 bits per heavy atom. The van der Waals surface area contributed by atoms with Crippen LogP contribution in [0.15, 0.2) is 6.33 Å². The van der Waals surface area contributed by atoms with Crippen LogP contribution < -0.4 is 10.6 Å². The van der Waals surface area contributed by atoms with Crippen LogP contribution in [0.1, 0.15) is 44.9 Å². The third kappa shape index (κ3) is 4.36. The van der Waals surface area contributed by atoms with E-state index >= 15 is 0 Å². The Morgan fingerprint density at radius 1 is 1.40 bits per heavy atom. The normalized spacial score (nSPS) is 22.1. The van der Waals surface area contributed by atoms with Crippen LogP contribution in [-0.4, -0.2) is 63.2 Å². The van der Waals surface area contributed by atoms with Crippen molar-refractivity contribution < 1.29 is 9.59 Å². The topological polar surface area (TPSA) is 92.1 Å². The number of carbonyl (C=O) groups excluding carboxylic acids is 2. The SMILES string of the molecule is CCn1cnnc1CCNC(=O)C[C@H]1C(=O)NCCN1C1CCCC1. The molecule has 0 spiro atoms. The lowest BCUT2D eigenvalue weighted by atomic mass is 10.0. The van der Waals surface area contributed by atoms with Gasteiger partial charge in [0.1, 0.15) is 12.2 Å². The highest BCUT2D eigenvalue weighted by atomic mass is 16.2. The number of amides is 2. The van der Waals surface area contributed by atoms with Gasteiger partial charge in [0, 0.05) is 38.6 Å². The first-order valence-corrected chi connectivity index (χ1v) is 9.36. The highest BCUT2D eigenvalue weighted by molar-refractivity contribution is 5.88. The number of hydrogen-bond acceptors (Lipinski definition) is 5. The summed E-state index contributed by atoms with van der Waals surface area (Å²) in [6.07, 6.45) is 7.28. The number of nitrogens with zero attached hydrogens (tertiary/aromatic N) is 4. The summed E-state index contributed by atoms with van der Waals surface area (Å²) >= 11 is 0. The van der Waals surface area contributed by atoms with Crippen LogP contribution in [0.3, 0.4) is 0 Å². The summed E-state index contributed by atoms with van der Waals surface area (Å²) in [5.74, 6) is 0.775. The number of aryl methyl sites for hydroxylation is 1. The lowest BCUT2D eigenvalue weighted by molar-refractivity contribution is -0.135. The highest BCUT2D eigenvalue weighted by Crippen LogP contribution is 2.26. The molecular formula is C17H28N6O2. The number of nitrogens with one attached hydrogen (secondary N) is 2. The average Bonchev–Trinajstić information content (AvgIpc) is 3.28. The second kappa shape index (κ2) is 8.42. The fraction of sp³-hybridized carbons (Fsp3) is 0.765. The molecule has 3 rings (SSSR count). The molecule has 1 aliphatic heterocycles. The van der Waals surface area contributed by atoms with E-state index in [0.29, 0.717) is 25.6 Å². The molecule has 1 saturated carbocycles. The molecule has 1 aromatic heterocycles. The van der Waals surface area contributed by atoms with Gasteiger partial charge in [0.05, 0.1) is 12.5 Å². The van der Waals surface area contributed by atoms with E-state index in [1.54, 1.807) is 6.33 Å². The molecule has 1 aromatic rings. The van der Waals surface area contributed by atoms with E-state index < -0.39 is 0 Å². The minimum Gasteiger partial charge on any atom is -0.356 e. The van der Waals surface area contributed by atoms with Crippen molar-refractivity contribution in [3.63, 3.8) is 0 Å². The molecule has 0 bridgehead atoms. The molecule has 2 N–H and O–H groups in total. The predicted molar refractivity (Wildman–Crippen MR) is 92.8 cm³/mol. The summed E-state index contributed by atoms with van der Waals surface area (Å²) in [6, 6.07) is 0.114. The Labute approximate surface area is 148 Å². The second-order valence-electron chi connectivity index (χ2n) is 6.82. The van der Waals surface area contributed by atoms with Crippen LogP contribution in [0.5, 0.6) is 0 Å². The van der Waals surface area contributed by atoms with E-state index in [-0.39, 0.29) is 24.3 Å². The molecule has 1 atom stereocenters. The Morgan fingerprint density at radius 2 is 2.20 bits per heavy atom. The quantitative estimate of drug-likeness (QED) is 0.729. The molecule has 138 valence electrons. The number of carbonyl (C=O) groups is 2. The fourth-order valence-corrected chi connectivity index (χ4v) is 3.91. The Hall–Kier alpha value is -1.96. The van der Waals surface area contributed by atoms with Crippen molar-refractivity contribution in [2.45, 2.75) is 64.1 Å². The Bertz CT molecular complexity index is 596. The molecule has 2 heterocycles. The highest BCUT2D eigenvalue weighted by Gasteiger charge is 2.36. The molecule has 8 nitrogen and oxygen atoms in total. The van der Waals surface area contributed by atoms with E-state index in [4.69, 9.17) is 0 Å². The summed E-state index contributed by atoms with van der Waals surface area (Å²) < 4.78 is 1.96. The largest absolute Gasteiger partial charge is 0.356 e. The molecule has 1 saturated heterocycles. The van der Waals surface area contributed by atoms with E-state index in [2.05, 4.69) is 25.7 Å². The molecule has 0 radical (unpaired) electrons. The monoisotopic (exact) mass is 348 g/mol. The molecule has 25 heavy (non-hydrogen) atoms. The standard InChI is InChI=1S/C17H28N6O2/c1-2-22-12-20-21-15(22)7-8-18-16(24)11-14-17(25)19-9-10-23(14)13-5-3-4-6-13/h12-14H,2-11H2,1H3,(H,18,24)(H,19,25)/t14-/m0/s1. The van der Waals surface area contributed by atoms with Crippen LogP contribution >= 0.6 is 0 Å². The van der Waals surface area contributed by atoms with Crippen molar-refractivity contribution in [1.29, 1.82) is 0 Å². The molecule has 8 heteroatoms. The maximum absolute atomic E-state index is 12.3. The van der Waals surface area contributed by atoms with Gasteiger partial charge in [-0.25, -0.2) is 0 Å². The summed E-state index contributed by atoms with van der Waals surface area (Å²) in [7, 11) is 0. The molecule has 2 aliphatic rings. The van der Waals surface area contributed by atoms with Crippen molar-refractivity contribution in [3.8, 4) is 0 Å². The second-order valence-corrected chi connectivity index (χ2v) is 6.82. The molecule has 0 unspecified atom stereocenters. The maximum atomic E-state index is 12.3. The minimum absolute atomic E-state index is 0.0148.